The molecular weight excluding hydrogens is 327 g/mol. The van der Waals surface area contributed by atoms with Gasteiger partial charge in [-0.1, -0.05) is 12.1 Å². The van der Waals surface area contributed by atoms with Gasteiger partial charge in [-0.05, 0) is 31.4 Å². The van der Waals surface area contributed by atoms with E-state index in [0.717, 1.165) is 12.1 Å². The van der Waals surface area contributed by atoms with Crippen molar-refractivity contribution in [2.45, 2.75) is 36.1 Å². The van der Waals surface area contributed by atoms with E-state index in [2.05, 4.69) is 4.74 Å². The van der Waals surface area contributed by atoms with E-state index in [0.29, 0.717) is 6.42 Å². The van der Waals surface area contributed by atoms with Gasteiger partial charge in [-0.2, -0.15) is 4.72 Å². The van der Waals surface area contributed by atoms with Gasteiger partial charge in [-0.15, -0.1) is 13.2 Å². The van der Waals surface area contributed by atoms with Crippen LogP contribution in [-0.2, 0) is 14.8 Å². The lowest BCUT2D eigenvalue weighted by Gasteiger charge is -2.37. The van der Waals surface area contributed by atoms with Crippen LogP contribution < -0.4 is 9.46 Å². The summed E-state index contributed by atoms with van der Waals surface area (Å²) in [6.45, 7) is 0. The van der Waals surface area contributed by atoms with Gasteiger partial charge in [-0.25, -0.2) is 8.42 Å². The van der Waals surface area contributed by atoms with Gasteiger partial charge in [0.05, 0.1) is 0 Å². The van der Waals surface area contributed by atoms with E-state index in [4.69, 9.17) is 5.11 Å². The van der Waals surface area contributed by atoms with Crippen LogP contribution in [0.3, 0.4) is 0 Å². The molecule has 0 bridgehead atoms. The van der Waals surface area contributed by atoms with Gasteiger partial charge in [0.15, 0.2) is 0 Å². The lowest BCUT2D eigenvalue weighted by Crippen LogP contribution is -2.58. The van der Waals surface area contributed by atoms with Gasteiger partial charge >= 0.3 is 12.3 Å². The van der Waals surface area contributed by atoms with E-state index in [-0.39, 0.29) is 12.8 Å². The quantitative estimate of drug-likeness (QED) is 0.854. The van der Waals surface area contributed by atoms with Gasteiger partial charge in [-0.3, -0.25) is 4.79 Å². The Morgan fingerprint density at radius 1 is 1.27 bits per heavy atom. The predicted molar refractivity (Wildman–Crippen MR) is 67.7 cm³/mol. The molecule has 0 saturated heterocycles. The minimum absolute atomic E-state index is 0.0733. The van der Waals surface area contributed by atoms with Crippen LogP contribution in [0.2, 0.25) is 0 Å². The van der Waals surface area contributed by atoms with Crippen molar-refractivity contribution in [1.29, 1.82) is 0 Å². The summed E-state index contributed by atoms with van der Waals surface area (Å²) in [5, 5.41) is 9.11. The molecule has 10 heteroatoms. The first-order chi connectivity index (χ1) is 10.1. The number of para-hydroxylation sites is 1. The van der Waals surface area contributed by atoms with Crippen LogP contribution in [0.25, 0.3) is 0 Å². The minimum Gasteiger partial charge on any atom is -0.480 e. The second kappa shape index (κ2) is 5.43. The SMILES string of the molecule is O=C(O)C1(NS(=O)(=O)c2ccccc2OC(F)(F)F)CCC1. The summed E-state index contributed by atoms with van der Waals surface area (Å²) in [5.74, 6) is -2.28. The zero-order valence-electron chi connectivity index (χ0n) is 11.1. The maximum absolute atomic E-state index is 12.3. The fourth-order valence-electron chi connectivity index (χ4n) is 2.08. The Morgan fingerprint density at radius 3 is 2.32 bits per heavy atom. The van der Waals surface area contributed by atoms with Crippen molar-refractivity contribution in [2.24, 2.45) is 0 Å². The van der Waals surface area contributed by atoms with Crippen molar-refractivity contribution in [3.63, 3.8) is 0 Å². The maximum atomic E-state index is 12.3. The van der Waals surface area contributed by atoms with Gasteiger partial charge < -0.3 is 9.84 Å². The molecule has 6 nitrogen and oxygen atoms in total. The Balaban J connectivity index is 2.36. The summed E-state index contributed by atoms with van der Waals surface area (Å²) in [5.41, 5.74) is -1.68. The van der Waals surface area contributed by atoms with E-state index in [1.807, 2.05) is 4.72 Å². The molecule has 0 spiro atoms. The van der Waals surface area contributed by atoms with Crippen molar-refractivity contribution in [3.05, 3.63) is 24.3 Å². The van der Waals surface area contributed by atoms with Gasteiger partial charge in [0.1, 0.15) is 16.2 Å². The Bertz CT molecular complexity index is 682. The van der Waals surface area contributed by atoms with E-state index in [1.165, 1.54) is 12.1 Å². The number of aliphatic carboxylic acids is 1. The van der Waals surface area contributed by atoms with E-state index >= 15 is 0 Å². The van der Waals surface area contributed by atoms with Crippen molar-refractivity contribution < 1.29 is 36.2 Å². The van der Waals surface area contributed by atoms with Crippen LogP contribution in [0.4, 0.5) is 13.2 Å². The first-order valence-electron chi connectivity index (χ1n) is 6.18. The first kappa shape index (κ1) is 16.6. The summed E-state index contributed by atoms with van der Waals surface area (Å²) in [4.78, 5) is 10.4. The fraction of sp³-hybridized carbons (Fsp3) is 0.417. The topological polar surface area (TPSA) is 92.7 Å². The lowest BCUT2D eigenvalue weighted by molar-refractivity contribution is -0.275. The van der Waals surface area contributed by atoms with E-state index < -0.39 is 38.5 Å². The molecule has 1 aliphatic carbocycles. The number of carboxylic acids is 1. The molecule has 0 atom stereocenters. The highest BCUT2D eigenvalue weighted by molar-refractivity contribution is 7.89. The molecule has 1 aliphatic rings. The molecule has 1 aromatic carbocycles. The molecule has 122 valence electrons. The number of carboxylic acid groups (broad SMARTS) is 1. The minimum atomic E-state index is -5.06. The molecule has 0 heterocycles. The Morgan fingerprint density at radius 2 is 1.86 bits per heavy atom. The van der Waals surface area contributed by atoms with Gasteiger partial charge in [0, 0.05) is 0 Å². The van der Waals surface area contributed by atoms with E-state index in [9.17, 15) is 26.4 Å². The third kappa shape index (κ3) is 3.33. The lowest BCUT2D eigenvalue weighted by atomic mass is 9.78. The second-order valence-corrected chi connectivity index (χ2v) is 6.49. The predicted octanol–water partition coefficient (Wildman–Crippen LogP) is 1.87. The number of benzene rings is 1. The summed E-state index contributed by atoms with van der Waals surface area (Å²) in [6, 6.07) is 4.15. The molecule has 0 aromatic heterocycles. The van der Waals surface area contributed by atoms with Gasteiger partial charge in [0.2, 0.25) is 10.0 Å². The van der Waals surface area contributed by atoms with Crippen molar-refractivity contribution in [3.8, 4) is 5.75 Å². The number of halogens is 3. The summed E-state index contributed by atoms with van der Waals surface area (Å²) in [6.07, 6.45) is -4.41. The average Bonchev–Trinajstić information content (AvgIpc) is 2.32. The molecule has 1 aromatic rings. The van der Waals surface area contributed by atoms with Crippen molar-refractivity contribution >= 4 is 16.0 Å². The maximum Gasteiger partial charge on any atom is 0.573 e. The monoisotopic (exact) mass is 339 g/mol. The van der Waals surface area contributed by atoms with Crippen molar-refractivity contribution in [2.75, 3.05) is 0 Å². The zero-order chi connectivity index (χ0) is 16.6. The van der Waals surface area contributed by atoms with Crippen molar-refractivity contribution in [1.82, 2.24) is 4.72 Å². The molecule has 0 radical (unpaired) electrons. The highest BCUT2D eigenvalue weighted by Crippen LogP contribution is 2.35. The molecular formula is C12H12F3NO5S. The molecule has 0 unspecified atom stereocenters. The summed E-state index contributed by atoms with van der Waals surface area (Å²) in [7, 11) is -4.48. The molecule has 0 amide bonds. The van der Waals surface area contributed by atoms with Gasteiger partial charge in [0.25, 0.3) is 0 Å². The number of sulfonamides is 1. The number of hydrogen-bond acceptors (Lipinski definition) is 4. The molecule has 1 saturated carbocycles. The van der Waals surface area contributed by atoms with Crippen LogP contribution in [0.5, 0.6) is 5.75 Å². The largest absolute Gasteiger partial charge is 0.573 e. The van der Waals surface area contributed by atoms with Crippen LogP contribution >= 0.6 is 0 Å². The number of carbonyl (C=O) groups is 1. The molecule has 2 N–H and O–H groups in total. The number of alkyl halides is 3. The number of ether oxygens (including phenoxy) is 1. The summed E-state index contributed by atoms with van der Waals surface area (Å²) < 4.78 is 67.1. The first-order valence-corrected chi connectivity index (χ1v) is 7.66. The molecule has 0 aliphatic heterocycles. The Hall–Kier alpha value is -1.81. The van der Waals surface area contributed by atoms with Crippen LogP contribution in [0.15, 0.2) is 29.2 Å². The third-order valence-electron chi connectivity index (χ3n) is 3.31. The smallest absolute Gasteiger partial charge is 0.480 e. The molecule has 22 heavy (non-hydrogen) atoms. The normalized spacial score (nSPS) is 17.6. The Labute approximate surface area is 123 Å². The zero-order valence-corrected chi connectivity index (χ0v) is 11.9. The average molecular weight is 339 g/mol. The molecule has 1 fully saturated rings. The molecule has 2 rings (SSSR count). The van der Waals surface area contributed by atoms with E-state index in [1.54, 1.807) is 0 Å². The second-order valence-electron chi connectivity index (χ2n) is 4.84. The Kier molecular flexibility index (Phi) is 4.09. The number of hydrogen-bond donors (Lipinski definition) is 2. The fourth-order valence-corrected chi connectivity index (χ4v) is 3.63. The highest BCUT2D eigenvalue weighted by Gasteiger charge is 2.48. The number of nitrogens with one attached hydrogen (secondary N) is 1. The van der Waals surface area contributed by atoms with Crippen LogP contribution in [0, 0.1) is 0 Å². The highest BCUT2D eigenvalue weighted by atomic mass is 32.2. The standard InChI is InChI=1S/C12H12F3NO5S/c13-12(14,15)21-8-4-1-2-5-9(8)22(19,20)16-11(10(17)18)6-3-7-11/h1-2,4-5,16H,3,6-7H2,(H,17,18). The summed E-state index contributed by atoms with van der Waals surface area (Å²) >= 11 is 0. The van der Waals surface area contributed by atoms with Crippen LogP contribution in [0.1, 0.15) is 19.3 Å². The van der Waals surface area contributed by atoms with Crippen LogP contribution in [-0.4, -0.2) is 31.4 Å². The number of rotatable bonds is 5. The third-order valence-corrected chi connectivity index (χ3v) is 4.89.